The Kier molecular flexibility index (Phi) is 16.1. The van der Waals surface area contributed by atoms with Crippen LogP contribution in [0.4, 0.5) is 17.3 Å². The number of phenolic OH excluding ortho intramolecular Hbond substituents is 1. The van der Waals surface area contributed by atoms with Gasteiger partial charge in [0.2, 0.25) is 0 Å². The summed E-state index contributed by atoms with van der Waals surface area (Å²) in [5.41, 5.74) is 1.67. The van der Waals surface area contributed by atoms with Gasteiger partial charge in [0.1, 0.15) is 5.76 Å². The number of benzene rings is 1. The minimum Gasteiger partial charge on any atom is -0.505 e. The second kappa shape index (κ2) is 17.5. The Morgan fingerprint density at radius 2 is 1.71 bits per heavy atom. The summed E-state index contributed by atoms with van der Waals surface area (Å²) in [6.45, 7) is 11.2. The Bertz CT molecular complexity index is 1030. The van der Waals surface area contributed by atoms with E-state index in [1.54, 1.807) is 18.4 Å². The number of hydrogen-bond acceptors (Lipinski definition) is 9. The van der Waals surface area contributed by atoms with Gasteiger partial charge in [0, 0.05) is 4.47 Å². The van der Waals surface area contributed by atoms with Crippen LogP contribution in [-0.4, -0.2) is 34.2 Å². The van der Waals surface area contributed by atoms with Crippen molar-refractivity contribution >= 4 is 51.3 Å². The van der Waals surface area contributed by atoms with Crippen LogP contribution in [-0.2, 0) is 6.54 Å². The van der Waals surface area contributed by atoms with Crippen LogP contribution in [0, 0.1) is 18.8 Å². The van der Waals surface area contributed by atoms with Gasteiger partial charge in [-0.05, 0) is 65.6 Å². The monoisotopic (exact) mass is 565 g/mol. The van der Waals surface area contributed by atoms with E-state index in [0.717, 1.165) is 29.0 Å². The van der Waals surface area contributed by atoms with Gasteiger partial charge in [-0.1, -0.05) is 34.6 Å². The van der Waals surface area contributed by atoms with Gasteiger partial charge in [-0.3, -0.25) is 4.79 Å². The normalized spacial score (nSPS) is 9.71. The van der Waals surface area contributed by atoms with E-state index in [-0.39, 0.29) is 11.3 Å². The number of aromatic nitrogens is 2. The molecule has 192 valence electrons. The molecule has 2 aromatic heterocycles. The molecule has 4 N–H and O–H groups in total. The number of nitrogens with zero attached hydrogens (tertiary/aromatic N) is 2. The van der Waals surface area contributed by atoms with Crippen LogP contribution in [0.3, 0.4) is 0 Å². The molecule has 0 saturated carbocycles. The van der Waals surface area contributed by atoms with Crippen LogP contribution < -0.4 is 16.0 Å². The molecule has 1 aromatic carbocycles. The Morgan fingerprint density at radius 1 is 1.14 bits per heavy atom. The number of nitrogens with one attached hydrogen (secondary N) is 3. The number of aromatic hydroxyl groups is 1. The van der Waals surface area contributed by atoms with Crippen molar-refractivity contribution in [2.24, 2.45) is 5.92 Å². The maximum atomic E-state index is 11.1. The molecule has 0 radical (unpaired) electrons. The first kappa shape index (κ1) is 32.1. The average Bonchev–Trinajstić information content (AvgIpc) is 3.46. The summed E-state index contributed by atoms with van der Waals surface area (Å²) in [4.78, 5) is 11.1. The smallest absolute Gasteiger partial charge is 0.188 e. The van der Waals surface area contributed by atoms with Gasteiger partial charge in [0.15, 0.2) is 23.7 Å². The van der Waals surface area contributed by atoms with Gasteiger partial charge in [-0.15, -0.1) is 12.8 Å². The molecule has 0 unspecified atom stereocenters. The number of carbonyl (C=O) groups is 1. The Hall–Kier alpha value is -2.87. The van der Waals surface area contributed by atoms with E-state index in [1.807, 2.05) is 20.2 Å². The number of carbonyl (C=O) groups excluding carboxylic acids is 1. The zero-order valence-electron chi connectivity index (χ0n) is 21.3. The first-order valence-electron chi connectivity index (χ1n) is 10.9. The van der Waals surface area contributed by atoms with E-state index >= 15 is 0 Å². The van der Waals surface area contributed by atoms with E-state index in [1.165, 1.54) is 0 Å². The van der Waals surface area contributed by atoms with Crippen LogP contribution >= 0.6 is 27.7 Å². The minimum absolute atomic E-state index is 0.152. The lowest BCUT2D eigenvalue weighted by Crippen LogP contribution is -2.02. The molecular formula is C25H36BrN5O3S. The third-order valence-corrected chi connectivity index (χ3v) is 5.01. The summed E-state index contributed by atoms with van der Waals surface area (Å²) in [6.07, 6.45) is 10.3. The first-order chi connectivity index (χ1) is 16.6. The number of anilines is 3. The molecule has 35 heavy (non-hydrogen) atoms. The largest absolute Gasteiger partial charge is 0.505 e. The van der Waals surface area contributed by atoms with Gasteiger partial charge in [0.05, 0.1) is 35.8 Å². The second-order valence-corrected chi connectivity index (χ2v) is 9.53. The lowest BCUT2D eigenvalue weighted by atomic mass is 10.1. The maximum Gasteiger partial charge on any atom is 0.188 e. The molecule has 0 amide bonds. The van der Waals surface area contributed by atoms with Crippen molar-refractivity contribution in [1.29, 1.82) is 0 Å². The molecule has 0 atom stereocenters. The van der Waals surface area contributed by atoms with E-state index in [9.17, 15) is 9.90 Å². The fourth-order valence-electron chi connectivity index (χ4n) is 2.27. The zero-order chi connectivity index (χ0) is 27.0. The number of terminal acetylenes is 1. The second-order valence-electron chi connectivity index (χ2n) is 8.15. The van der Waals surface area contributed by atoms with Crippen molar-refractivity contribution in [3.8, 4) is 18.6 Å². The lowest BCUT2D eigenvalue weighted by molar-refractivity contribution is 0.112. The van der Waals surface area contributed by atoms with Crippen molar-refractivity contribution in [2.45, 2.75) is 47.1 Å². The summed E-state index contributed by atoms with van der Waals surface area (Å²) < 4.78 is 14.5. The number of rotatable bonds is 7. The summed E-state index contributed by atoms with van der Waals surface area (Å²) in [5, 5.41) is 19.1. The lowest BCUT2D eigenvalue weighted by Gasteiger charge is -2.10. The highest BCUT2D eigenvalue weighted by atomic mass is 79.9. The fraction of sp³-hybridized carbons (Fsp3) is 0.400. The molecule has 10 heteroatoms. The molecular weight excluding hydrogens is 530 g/mol. The van der Waals surface area contributed by atoms with E-state index in [2.05, 4.69) is 88.1 Å². The minimum atomic E-state index is -0.152. The van der Waals surface area contributed by atoms with Crippen LogP contribution in [0.5, 0.6) is 5.75 Å². The molecule has 0 saturated heterocycles. The zero-order valence-corrected chi connectivity index (χ0v) is 23.8. The van der Waals surface area contributed by atoms with Gasteiger partial charge >= 0.3 is 0 Å². The molecule has 0 bridgehead atoms. The van der Waals surface area contributed by atoms with Gasteiger partial charge < -0.3 is 25.5 Å². The molecule has 0 aliphatic carbocycles. The summed E-state index contributed by atoms with van der Waals surface area (Å²) in [6, 6.07) is 5.33. The van der Waals surface area contributed by atoms with Crippen LogP contribution in [0.2, 0.25) is 0 Å². The predicted molar refractivity (Wildman–Crippen MR) is 150 cm³/mol. The van der Waals surface area contributed by atoms with Gasteiger partial charge in [-0.25, -0.2) is 0 Å². The third-order valence-electron chi connectivity index (χ3n) is 3.79. The van der Waals surface area contributed by atoms with Crippen molar-refractivity contribution in [1.82, 2.24) is 14.1 Å². The van der Waals surface area contributed by atoms with Gasteiger partial charge in [0.25, 0.3) is 0 Å². The standard InChI is InChI=1S/C17H17BrN4O3S.C4H10.C2H7N.C2H2/c1-9(2)10-5-11(25-8-10)6-19-16-17(22-26-21-16)20-14-4-3-13(18)12(7-23)15(14)24;1-4(2)3;1-3-2;1-2/h3-5,7-9,24H,6H2,1-2H3,(H,19,21)(H,20,22);4H,1-3H3;3H,1-2H3;1-2H. The number of aldehydes is 1. The average molecular weight is 567 g/mol. The van der Waals surface area contributed by atoms with Crippen LogP contribution in [0.25, 0.3) is 0 Å². The first-order valence-corrected chi connectivity index (χ1v) is 12.5. The Morgan fingerprint density at radius 3 is 2.23 bits per heavy atom. The number of hydrogen-bond donors (Lipinski definition) is 4. The predicted octanol–water partition coefficient (Wildman–Crippen LogP) is 6.64. The van der Waals surface area contributed by atoms with Crippen molar-refractivity contribution in [3.05, 3.63) is 45.8 Å². The van der Waals surface area contributed by atoms with E-state index in [4.69, 9.17) is 4.42 Å². The fourth-order valence-corrected chi connectivity index (χ4v) is 3.18. The molecule has 0 fully saturated rings. The van der Waals surface area contributed by atoms with Gasteiger partial charge in [-0.2, -0.15) is 8.75 Å². The molecule has 8 nitrogen and oxygen atoms in total. The van der Waals surface area contributed by atoms with Crippen molar-refractivity contribution in [2.75, 3.05) is 24.7 Å². The molecule has 2 heterocycles. The molecule has 0 spiro atoms. The highest BCUT2D eigenvalue weighted by Gasteiger charge is 2.15. The van der Waals surface area contributed by atoms with E-state index in [0.29, 0.717) is 40.5 Å². The molecule has 0 aliphatic heterocycles. The van der Waals surface area contributed by atoms with Crippen LogP contribution in [0.1, 0.15) is 62.2 Å². The highest BCUT2D eigenvalue weighted by molar-refractivity contribution is 9.10. The molecule has 3 rings (SSSR count). The molecule has 3 aromatic rings. The van der Waals surface area contributed by atoms with Crippen LogP contribution in [0.15, 0.2) is 33.4 Å². The van der Waals surface area contributed by atoms with Crippen molar-refractivity contribution < 1.29 is 14.3 Å². The number of furan rings is 1. The summed E-state index contributed by atoms with van der Waals surface area (Å²) >= 11 is 4.26. The Labute approximate surface area is 221 Å². The van der Waals surface area contributed by atoms with Crippen molar-refractivity contribution in [3.63, 3.8) is 0 Å². The summed E-state index contributed by atoms with van der Waals surface area (Å²) in [5.74, 6) is 2.87. The quantitative estimate of drug-likeness (QED) is 0.143. The van der Waals surface area contributed by atoms with E-state index < -0.39 is 0 Å². The SMILES string of the molecule is C#C.CC(C)C.CC(C)c1coc(CNc2nsnc2Nc2ccc(Br)c(C=O)c2O)c1.CNC. The topological polar surface area (TPSA) is 112 Å². The third kappa shape index (κ3) is 11.4. The molecule has 0 aliphatic rings. The Balaban J connectivity index is 0.00000112. The number of phenols is 1. The highest BCUT2D eigenvalue weighted by Crippen LogP contribution is 2.35. The number of halogens is 1. The summed E-state index contributed by atoms with van der Waals surface area (Å²) in [7, 11) is 3.75. The maximum absolute atomic E-state index is 11.1.